The Morgan fingerprint density at radius 3 is 2.89 bits per heavy atom. The van der Waals surface area contributed by atoms with Crippen LogP contribution in [0.25, 0.3) is 21.6 Å². The van der Waals surface area contributed by atoms with E-state index in [2.05, 4.69) is 9.97 Å². The Kier molecular flexibility index (Phi) is 2.79. The average molecular weight is 275 g/mol. The molecule has 3 rings (SSSR count). The molecule has 0 radical (unpaired) electrons. The first-order valence-electron chi connectivity index (χ1n) is 5.53. The van der Waals surface area contributed by atoms with Gasteiger partial charge in [0.1, 0.15) is 22.2 Å². The number of hydrogen-bond donors (Lipinski definition) is 1. The van der Waals surface area contributed by atoms with Gasteiger partial charge in [-0.3, -0.25) is 0 Å². The van der Waals surface area contributed by atoms with E-state index in [1.165, 1.54) is 30.6 Å². The number of nitrogens with two attached hydrogens (primary N) is 1. The van der Waals surface area contributed by atoms with Gasteiger partial charge in [0.05, 0.1) is 18.1 Å². The predicted molar refractivity (Wildman–Crippen MR) is 73.8 cm³/mol. The van der Waals surface area contributed by atoms with Crippen molar-refractivity contribution in [2.75, 3.05) is 12.8 Å². The first kappa shape index (κ1) is 11.9. The molecule has 0 amide bonds. The molecule has 0 aliphatic carbocycles. The summed E-state index contributed by atoms with van der Waals surface area (Å²) in [5.41, 5.74) is 6.52. The van der Waals surface area contributed by atoms with Crippen LogP contribution in [0.3, 0.4) is 0 Å². The van der Waals surface area contributed by atoms with Crippen LogP contribution < -0.4 is 10.5 Å². The highest BCUT2D eigenvalue weighted by molar-refractivity contribution is 7.16. The number of nitrogens with zero attached hydrogens (tertiary/aromatic N) is 2. The molecule has 2 heterocycles. The second kappa shape index (κ2) is 4.47. The van der Waals surface area contributed by atoms with Crippen molar-refractivity contribution in [3.05, 3.63) is 35.5 Å². The van der Waals surface area contributed by atoms with E-state index >= 15 is 0 Å². The van der Waals surface area contributed by atoms with Crippen LogP contribution >= 0.6 is 11.3 Å². The summed E-state index contributed by atoms with van der Waals surface area (Å²) in [6.07, 6.45) is 0. The smallest absolute Gasteiger partial charge is 0.166 e. The molecule has 1 aromatic carbocycles. The zero-order valence-corrected chi connectivity index (χ0v) is 10.9. The minimum absolute atomic E-state index is 0.370. The molecular weight excluding hydrogens is 265 g/mol. The molecule has 3 aromatic rings. The molecule has 0 unspecified atom stereocenters. The van der Waals surface area contributed by atoms with Gasteiger partial charge in [0.2, 0.25) is 0 Å². The fourth-order valence-corrected chi connectivity index (χ4v) is 2.62. The van der Waals surface area contributed by atoms with Gasteiger partial charge in [0.25, 0.3) is 0 Å². The lowest BCUT2D eigenvalue weighted by Crippen LogP contribution is -1.98. The first-order chi connectivity index (χ1) is 9.19. The van der Waals surface area contributed by atoms with Gasteiger partial charge in [-0.1, -0.05) is 0 Å². The van der Waals surface area contributed by atoms with Crippen LogP contribution in [0.15, 0.2) is 29.6 Å². The maximum absolute atomic E-state index is 13.2. The number of rotatable bonds is 2. The van der Waals surface area contributed by atoms with E-state index in [9.17, 15) is 4.39 Å². The minimum Gasteiger partial charge on any atom is -0.496 e. The van der Waals surface area contributed by atoms with Crippen LogP contribution in [0.1, 0.15) is 0 Å². The summed E-state index contributed by atoms with van der Waals surface area (Å²) in [5, 5.41) is 2.73. The van der Waals surface area contributed by atoms with Crippen molar-refractivity contribution < 1.29 is 9.13 Å². The molecule has 0 aliphatic rings. The maximum Gasteiger partial charge on any atom is 0.166 e. The summed E-state index contributed by atoms with van der Waals surface area (Å²) >= 11 is 1.48. The van der Waals surface area contributed by atoms with Gasteiger partial charge in [-0.2, -0.15) is 0 Å². The van der Waals surface area contributed by atoms with Crippen molar-refractivity contribution in [2.24, 2.45) is 0 Å². The highest BCUT2D eigenvalue weighted by Crippen LogP contribution is 2.31. The predicted octanol–water partition coefficient (Wildman–Crippen LogP) is 3.09. The minimum atomic E-state index is -0.370. The van der Waals surface area contributed by atoms with Crippen LogP contribution in [-0.2, 0) is 0 Å². The Morgan fingerprint density at radius 1 is 1.26 bits per heavy atom. The lowest BCUT2D eigenvalue weighted by Gasteiger charge is -2.08. The molecule has 2 N–H and O–H groups in total. The highest BCUT2D eigenvalue weighted by atomic mass is 32.1. The summed E-state index contributed by atoms with van der Waals surface area (Å²) in [4.78, 5) is 9.48. The number of fused-ring (bicyclic) bond motifs is 1. The van der Waals surface area contributed by atoms with E-state index in [0.717, 1.165) is 10.2 Å². The molecule has 0 fully saturated rings. The van der Waals surface area contributed by atoms with Crippen LogP contribution in [-0.4, -0.2) is 17.1 Å². The monoisotopic (exact) mass is 275 g/mol. The molecular formula is C13H10FN3OS. The molecule has 2 aromatic heterocycles. The zero-order valence-electron chi connectivity index (χ0n) is 10.1. The van der Waals surface area contributed by atoms with E-state index in [0.29, 0.717) is 23.0 Å². The number of hydrogen-bond acceptors (Lipinski definition) is 5. The van der Waals surface area contributed by atoms with Crippen LogP contribution in [0.5, 0.6) is 5.75 Å². The molecule has 4 nitrogen and oxygen atoms in total. The van der Waals surface area contributed by atoms with Crippen molar-refractivity contribution in [1.29, 1.82) is 0 Å². The topological polar surface area (TPSA) is 61.0 Å². The Hall–Kier alpha value is -2.21. The van der Waals surface area contributed by atoms with E-state index in [-0.39, 0.29) is 5.82 Å². The summed E-state index contributed by atoms with van der Waals surface area (Å²) in [6, 6.07) is 6.10. The number of nitrogen functional groups attached to an aromatic ring is 1. The van der Waals surface area contributed by atoms with Gasteiger partial charge in [-0.15, -0.1) is 11.3 Å². The lowest BCUT2D eigenvalue weighted by atomic mass is 10.2. The van der Waals surface area contributed by atoms with Crippen molar-refractivity contribution in [3.8, 4) is 17.1 Å². The number of aromatic nitrogens is 2. The van der Waals surface area contributed by atoms with E-state index in [4.69, 9.17) is 10.5 Å². The molecule has 0 spiro atoms. The average Bonchev–Trinajstić information content (AvgIpc) is 2.87. The van der Waals surface area contributed by atoms with E-state index < -0.39 is 0 Å². The third-order valence-electron chi connectivity index (χ3n) is 2.76. The van der Waals surface area contributed by atoms with E-state index in [1.54, 1.807) is 6.07 Å². The van der Waals surface area contributed by atoms with Crippen LogP contribution in [0.4, 0.5) is 10.2 Å². The number of ether oxygens (including phenoxy) is 1. The van der Waals surface area contributed by atoms with Gasteiger partial charge in [0, 0.05) is 6.07 Å². The van der Waals surface area contributed by atoms with Crippen molar-refractivity contribution in [3.63, 3.8) is 0 Å². The summed E-state index contributed by atoms with van der Waals surface area (Å²) in [5.74, 6) is 0.859. The molecule has 0 saturated heterocycles. The standard InChI is InChI=1S/C13H10FN3OS/c1-18-10-6-7(14)2-3-8(10)12-16-11(15)9-4-5-19-13(9)17-12/h2-6H,1H3,(H2,15,16,17). The molecule has 0 atom stereocenters. The second-order valence-electron chi connectivity index (χ2n) is 3.92. The SMILES string of the molecule is COc1cc(F)ccc1-c1nc(N)c2ccsc2n1. The zero-order chi connectivity index (χ0) is 13.4. The maximum atomic E-state index is 13.2. The molecule has 6 heteroatoms. The summed E-state index contributed by atoms with van der Waals surface area (Å²) < 4.78 is 18.3. The normalized spacial score (nSPS) is 10.8. The van der Waals surface area contributed by atoms with Gasteiger partial charge >= 0.3 is 0 Å². The number of methoxy groups -OCH3 is 1. The quantitative estimate of drug-likeness (QED) is 0.780. The lowest BCUT2D eigenvalue weighted by molar-refractivity contribution is 0.412. The molecule has 0 saturated carbocycles. The first-order valence-corrected chi connectivity index (χ1v) is 6.41. The van der Waals surface area contributed by atoms with Crippen LogP contribution in [0, 0.1) is 5.82 Å². The Morgan fingerprint density at radius 2 is 2.11 bits per heavy atom. The number of benzene rings is 1. The summed E-state index contributed by atoms with van der Waals surface area (Å²) in [6.45, 7) is 0. The van der Waals surface area contributed by atoms with Gasteiger partial charge in [0.15, 0.2) is 5.82 Å². The number of thiophene rings is 1. The Balaban J connectivity index is 2.23. The Labute approximate surface area is 112 Å². The van der Waals surface area contributed by atoms with Gasteiger partial charge in [-0.05, 0) is 23.6 Å². The summed E-state index contributed by atoms with van der Waals surface area (Å²) in [7, 11) is 1.48. The molecule has 0 bridgehead atoms. The van der Waals surface area contributed by atoms with E-state index in [1.807, 2.05) is 11.4 Å². The number of halogens is 1. The largest absolute Gasteiger partial charge is 0.496 e. The second-order valence-corrected chi connectivity index (χ2v) is 4.81. The molecule has 19 heavy (non-hydrogen) atoms. The molecule has 96 valence electrons. The van der Waals surface area contributed by atoms with Crippen molar-refractivity contribution >= 4 is 27.4 Å². The van der Waals surface area contributed by atoms with Gasteiger partial charge < -0.3 is 10.5 Å². The molecule has 0 aliphatic heterocycles. The highest BCUT2D eigenvalue weighted by Gasteiger charge is 2.13. The third-order valence-corrected chi connectivity index (χ3v) is 3.57. The fraction of sp³-hybridized carbons (Fsp3) is 0.0769. The van der Waals surface area contributed by atoms with Crippen LogP contribution in [0.2, 0.25) is 0 Å². The van der Waals surface area contributed by atoms with Crippen molar-refractivity contribution in [1.82, 2.24) is 9.97 Å². The fourth-order valence-electron chi connectivity index (χ4n) is 1.85. The third kappa shape index (κ3) is 2.00. The van der Waals surface area contributed by atoms with Crippen molar-refractivity contribution in [2.45, 2.75) is 0 Å². The van der Waals surface area contributed by atoms with Gasteiger partial charge in [-0.25, -0.2) is 14.4 Å². The number of anilines is 1. The Bertz CT molecular complexity index is 757.